The summed E-state index contributed by atoms with van der Waals surface area (Å²) in [4.78, 5) is 31.1. The quantitative estimate of drug-likeness (QED) is 0.582. The van der Waals surface area contributed by atoms with E-state index in [-0.39, 0.29) is 17.5 Å². The lowest BCUT2D eigenvalue weighted by molar-refractivity contribution is -0.123. The Morgan fingerprint density at radius 3 is 2.57 bits per heavy atom. The van der Waals surface area contributed by atoms with Gasteiger partial charge in [-0.2, -0.15) is 0 Å². The van der Waals surface area contributed by atoms with Crippen molar-refractivity contribution in [1.82, 2.24) is 9.55 Å². The monoisotopic (exact) mass is 477 g/mol. The minimum Gasteiger partial charge on any atom is -0.477 e. The van der Waals surface area contributed by atoms with Gasteiger partial charge in [-0.1, -0.05) is 45.2 Å². The van der Waals surface area contributed by atoms with Gasteiger partial charge in [0.1, 0.15) is 5.69 Å². The fourth-order valence-corrected chi connectivity index (χ4v) is 4.92. The van der Waals surface area contributed by atoms with Crippen LogP contribution in [-0.2, 0) is 16.8 Å². The van der Waals surface area contributed by atoms with Crippen LogP contribution in [0.15, 0.2) is 47.1 Å². The SMILES string of the molecule is O=C(O)c1cnc2n1[C@]1(Cc3ccc(Br)cc31)C(=O)N2c1cc(Cl)cc(Cl)c1. The van der Waals surface area contributed by atoms with Gasteiger partial charge >= 0.3 is 5.97 Å². The number of carboxylic acid groups (broad SMARTS) is 1. The van der Waals surface area contributed by atoms with Crippen molar-refractivity contribution in [3.8, 4) is 0 Å². The Bertz CT molecular complexity index is 1190. The number of anilines is 2. The van der Waals surface area contributed by atoms with E-state index in [9.17, 15) is 14.7 Å². The molecule has 6 nitrogen and oxygen atoms in total. The molecule has 3 aromatic rings. The molecule has 1 aromatic heterocycles. The molecule has 0 fully saturated rings. The Balaban J connectivity index is 1.79. The van der Waals surface area contributed by atoms with E-state index in [4.69, 9.17) is 23.2 Å². The first-order chi connectivity index (χ1) is 13.3. The van der Waals surface area contributed by atoms with E-state index in [2.05, 4.69) is 20.9 Å². The molecular formula is C19H10BrCl2N3O3. The lowest BCUT2D eigenvalue weighted by Crippen LogP contribution is -2.52. The van der Waals surface area contributed by atoms with E-state index >= 15 is 0 Å². The van der Waals surface area contributed by atoms with E-state index in [0.29, 0.717) is 22.2 Å². The summed E-state index contributed by atoms with van der Waals surface area (Å²) in [5.74, 6) is -1.21. The van der Waals surface area contributed by atoms with Gasteiger partial charge in [0.25, 0.3) is 5.91 Å². The van der Waals surface area contributed by atoms with Crippen LogP contribution in [0.5, 0.6) is 0 Å². The molecular weight excluding hydrogens is 469 g/mol. The van der Waals surface area contributed by atoms with Crippen LogP contribution in [0.1, 0.15) is 21.6 Å². The summed E-state index contributed by atoms with van der Waals surface area (Å²) in [7, 11) is 0. The van der Waals surface area contributed by atoms with Crippen molar-refractivity contribution in [2.45, 2.75) is 12.0 Å². The smallest absolute Gasteiger partial charge is 0.354 e. The maximum Gasteiger partial charge on any atom is 0.354 e. The summed E-state index contributed by atoms with van der Waals surface area (Å²) in [6.07, 6.45) is 1.64. The highest BCUT2D eigenvalue weighted by molar-refractivity contribution is 9.10. The number of amides is 1. The third-order valence-corrected chi connectivity index (χ3v) is 6.10. The maximum atomic E-state index is 13.7. The molecule has 1 aliphatic heterocycles. The molecule has 5 rings (SSSR count). The van der Waals surface area contributed by atoms with Crippen molar-refractivity contribution in [2.24, 2.45) is 0 Å². The van der Waals surface area contributed by atoms with Crippen molar-refractivity contribution in [3.63, 3.8) is 0 Å². The molecule has 2 heterocycles. The second kappa shape index (κ2) is 5.83. The van der Waals surface area contributed by atoms with E-state index in [1.54, 1.807) is 18.2 Å². The number of benzene rings is 2. The van der Waals surface area contributed by atoms with Crippen molar-refractivity contribution < 1.29 is 14.7 Å². The molecule has 140 valence electrons. The van der Waals surface area contributed by atoms with E-state index < -0.39 is 11.5 Å². The Labute approximate surface area is 177 Å². The lowest BCUT2D eigenvalue weighted by Gasteiger charge is -2.40. The maximum absolute atomic E-state index is 13.7. The predicted octanol–water partition coefficient (Wildman–Crippen LogP) is 4.63. The number of nitrogens with zero attached hydrogens (tertiary/aromatic N) is 3. The van der Waals surface area contributed by atoms with Crippen LogP contribution in [0.25, 0.3) is 0 Å². The summed E-state index contributed by atoms with van der Waals surface area (Å²) < 4.78 is 2.31. The van der Waals surface area contributed by atoms with Crippen LogP contribution in [0.4, 0.5) is 11.6 Å². The standard InChI is InChI=1S/C19H10BrCl2N3O3/c20-10-2-1-9-7-19(14(9)3-10)17(28)24(13-5-11(21)4-12(22)6-13)18-23-8-15(16(26)27)25(18)19/h1-6,8H,7H2,(H,26,27)/t19-/m0/s1. The first-order valence-corrected chi connectivity index (χ1v) is 9.79. The van der Waals surface area contributed by atoms with Crippen molar-refractivity contribution in [1.29, 1.82) is 0 Å². The zero-order valence-electron chi connectivity index (χ0n) is 14.0. The van der Waals surface area contributed by atoms with Gasteiger partial charge in [-0.25, -0.2) is 14.7 Å². The average Bonchev–Trinajstić information content (AvgIpc) is 3.12. The summed E-state index contributed by atoms with van der Waals surface area (Å²) >= 11 is 15.7. The minimum atomic E-state index is -1.16. The van der Waals surface area contributed by atoms with E-state index in [0.717, 1.165) is 15.6 Å². The van der Waals surface area contributed by atoms with Crippen LogP contribution in [0, 0.1) is 0 Å². The van der Waals surface area contributed by atoms with Gasteiger partial charge < -0.3 is 5.11 Å². The number of aromatic nitrogens is 2. The molecule has 1 atom stereocenters. The van der Waals surface area contributed by atoms with Crippen LogP contribution in [0.3, 0.4) is 0 Å². The number of hydrogen-bond donors (Lipinski definition) is 1. The second-order valence-electron chi connectivity index (χ2n) is 6.69. The highest BCUT2D eigenvalue weighted by atomic mass is 79.9. The van der Waals surface area contributed by atoms with Gasteiger partial charge in [-0.15, -0.1) is 0 Å². The number of rotatable bonds is 2. The molecule has 1 N–H and O–H groups in total. The zero-order valence-corrected chi connectivity index (χ0v) is 17.1. The molecule has 28 heavy (non-hydrogen) atoms. The molecule has 2 aromatic carbocycles. The van der Waals surface area contributed by atoms with Crippen molar-refractivity contribution in [2.75, 3.05) is 4.90 Å². The molecule has 9 heteroatoms. The van der Waals surface area contributed by atoms with E-state index in [1.807, 2.05) is 18.2 Å². The van der Waals surface area contributed by atoms with Crippen LogP contribution in [0.2, 0.25) is 10.0 Å². The molecule has 1 spiro atoms. The number of imidazole rings is 1. The number of halogens is 3. The van der Waals surface area contributed by atoms with Crippen LogP contribution in [-0.4, -0.2) is 26.5 Å². The summed E-state index contributed by atoms with van der Waals surface area (Å²) in [5, 5.41) is 10.4. The topological polar surface area (TPSA) is 75.4 Å². The van der Waals surface area contributed by atoms with Crippen LogP contribution >= 0.6 is 39.1 Å². The molecule has 2 aliphatic rings. The normalized spacial score (nSPS) is 19.5. The molecule has 0 bridgehead atoms. The second-order valence-corrected chi connectivity index (χ2v) is 8.48. The first kappa shape index (κ1) is 17.7. The number of carbonyl (C=O) groups is 2. The third kappa shape index (κ3) is 2.18. The highest BCUT2D eigenvalue weighted by Crippen LogP contribution is 2.53. The molecule has 1 amide bonds. The zero-order chi connectivity index (χ0) is 19.8. The minimum absolute atomic E-state index is 0.0513. The molecule has 0 unspecified atom stereocenters. The first-order valence-electron chi connectivity index (χ1n) is 8.24. The van der Waals surface area contributed by atoms with E-state index in [1.165, 1.54) is 15.7 Å². The van der Waals surface area contributed by atoms with Gasteiger partial charge in [0, 0.05) is 20.9 Å². The number of aromatic carboxylic acids is 1. The van der Waals surface area contributed by atoms with Gasteiger partial charge in [0.15, 0.2) is 5.54 Å². The third-order valence-electron chi connectivity index (χ3n) is 5.17. The fraction of sp³-hybridized carbons (Fsp3) is 0.105. The van der Waals surface area contributed by atoms with Gasteiger partial charge in [-0.05, 0) is 41.5 Å². The number of hydrogen-bond acceptors (Lipinski definition) is 3. The van der Waals surface area contributed by atoms with Crippen molar-refractivity contribution >= 4 is 62.6 Å². The summed E-state index contributed by atoms with van der Waals surface area (Å²) in [5.41, 5.74) is 0.965. The summed E-state index contributed by atoms with van der Waals surface area (Å²) in [6.45, 7) is 0. The number of carbonyl (C=O) groups excluding carboxylic acids is 1. The summed E-state index contributed by atoms with van der Waals surface area (Å²) in [6, 6.07) is 10.4. The number of fused-ring (bicyclic) bond motifs is 4. The predicted molar refractivity (Wildman–Crippen MR) is 108 cm³/mol. The van der Waals surface area contributed by atoms with Gasteiger partial charge in [-0.3, -0.25) is 9.36 Å². The Morgan fingerprint density at radius 2 is 1.89 bits per heavy atom. The van der Waals surface area contributed by atoms with Crippen molar-refractivity contribution in [3.05, 3.63) is 73.9 Å². The largest absolute Gasteiger partial charge is 0.477 e. The lowest BCUT2D eigenvalue weighted by atomic mass is 9.70. The number of carboxylic acids is 1. The Morgan fingerprint density at radius 1 is 1.18 bits per heavy atom. The van der Waals surface area contributed by atoms with Gasteiger partial charge in [0.05, 0.1) is 11.9 Å². The Hall–Kier alpha value is -2.35. The fourth-order valence-electron chi connectivity index (χ4n) is 4.04. The molecule has 0 radical (unpaired) electrons. The molecule has 0 saturated heterocycles. The van der Waals surface area contributed by atoms with Gasteiger partial charge in [0.2, 0.25) is 5.95 Å². The average molecular weight is 479 g/mol. The Kier molecular flexibility index (Phi) is 3.69. The highest BCUT2D eigenvalue weighted by Gasteiger charge is 2.60. The van der Waals surface area contributed by atoms with Crippen LogP contribution < -0.4 is 4.90 Å². The molecule has 1 aliphatic carbocycles. The molecule has 0 saturated carbocycles.